The SMILES string of the molecule is CN=C(N)NCCC[C@H](CC(=O)[C@H](CC(C)C)NC(=O)NCC(=O)[C@H](Cc1ccccc1)NC(=O)[C@@H](CC(=O)[C@H](CNC(N)=O)NC(=O)[C@H](CC(=O)[C@@H](Cc1ccc(O)cc1)NC(C)=O)Cc1c[nH]c2ccccc12)[C@@H](C)O)C(=O)N[C@@H](Cc1c[nH]c2ccccc12)C(N)=O. The maximum atomic E-state index is 14.7. The van der Waals surface area contributed by atoms with Crippen LogP contribution in [0.3, 0.4) is 0 Å². The van der Waals surface area contributed by atoms with Crippen molar-refractivity contribution in [2.75, 3.05) is 26.7 Å². The molecular formula is C68H88N14O13. The zero-order chi connectivity index (χ0) is 69.3. The Labute approximate surface area is 550 Å². The van der Waals surface area contributed by atoms with Crippen LogP contribution in [0.2, 0.25) is 0 Å². The number of Topliss-reactive ketones (excluding diaryl/α,β-unsaturated/α-hetero) is 4. The molecule has 0 aliphatic heterocycles. The van der Waals surface area contributed by atoms with Crippen molar-refractivity contribution in [2.45, 2.75) is 128 Å². The van der Waals surface area contributed by atoms with E-state index >= 15 is 0 Å². The highest BCUT2D eigenvalue weighted by atomic mass is 16.3. The van der Waals surface area contributed by atoms with Gasteiger partial charge in [-0.05, 0) is 97.9 Å². The third kappa shape index (κ3) is 23.3. The molecule has 2 heterocycles. The first-order valence-electron chi connectivity index (χ1n) is 31.5. The smallest absolute Gasteiger partial charge is 0.315 e. The minimum absolute atomic E-state index is 0.00708. The van der Waals surface area contributed by atoms with Crippen LogP contribution in [0.5, 0.6) is 5.75 Å². The van der Waals surface area contributed by atoms with Crippen molar-refractivity contribution in [2.24, 2.45) is 45.9 Å². The average Bonchev–Trinajstić information content (AvgIpc) is 1.72. The Morgan fingerprint density at radius 3 is 1.64 bits per heavy atom. The van der Waals surface area contributed by atoms with Crippen molar-refractivity contribution in [3.05, 3.63) is 138 Å². The lowest BCUT2D eigenvalue weighted by atomic mass is 9.88. The van der Waals surface area contributed by atoms with Crippen molar-refractivity contribution < 1.29 is 63.0 Å². The van der Waals surface area contributed by atoms with Gasteiger partial charge in [-0.15, -0.1) is 0 Å². The van der Waals surface area contributed by atoms with Crippen molar-refractivity contribution in [3.8, 4) is 5.75 Å². The molecule has 508 valence electrons. The number of aliphatic imine (C=N–C) groups is 1. The Bertz CT molecular complexity index is 3680. The van der Waals surface area contributed by atoms with Crippen LogP contribution < -0.4 is 59.7 Å². The molecule has 0 fully saturated rings. The Kier molecular flexibility index (Phi) is 28.0. The topological polar surface area (TPSA) is 446 Å². The lowest BCUT2D eigenvalue weighted by Gasteiger charge is -2.27. The largest absolute Gasteiger partial charge is 0.508 e. The lowest BCUT2D eigenvalue weighted by Crippen LogP contribution is -2.54. The van der Waals surface area contributed by atoms with Crippen LogP contribution in [-0.2, 0) is 68.8 Å². The number of aliphatic hydroxyl groups excluding tert-OH is 1. The van der Waals surface area contributed by atoms with E-state index in [1.807, 2.05) is 56.3 Å². The fourth-order valence-electron chi connectivity index (χ4n) is 11.1. The molecule has 0 saturated carbocycles. The Morgan fingerprint density at radius 2 is 1.06 bits per heavy atom. The molecule has 4 aromatic carbocycles. The van der Waals surface area contributed by atoms with Gasteiger partial charge in [-0.2, -0.15) is 0 Å². The van der Waals surface area contributed by atoms with E-state index in [1.165, 1.54) is 33.0 Å². The molecule has 9 amide bonds. The number of guanidine groups is 1. The van der Waals surface area contributed by atoms with Gasteiger partial charge in [0.25, 0.3) is 0 Å². The molecule has 27 heteroatoms. The van der Waals surface area contributed by atoms with Gasteiger partial charge in [0.1, 0.15) is 17.8 Å². The molecule has 0 bridgehead atoms. The molecule has 18 N–H and O–H groups in total. The van der Waals surface area contributed by atoms with Crippen LogP contribution in [0.1, 0.15) is 88.5 Å². The van der Waals surface area contributed by atoms with Gasteiger partial charge in [-0.3, -0.25) is 48.1 Å². The van der Waals surface area contributed by atoms with Crippen LogP contribution >= 0.6 is 0 Å². The average molecular weight is 1310 g/mol. The van der Waals surface area contributed by atoms with E-state index in [0.29, 0.717) is 23.1 Å². The quantitative estimate of drug-likeness (QED) is 0.0150. The van der Waals surface area contributed by atoms with Crippen molar-refractivity contribution >= 4 is 92.5 Å². The van der Waals surface area contributed by atoms with E-state index in [4.69, 9.17) is 17.2 Å². The zero-order valence-electron chi connectivity index (χ0n) is 54.0. The summed E-state index contributed by atoms with van der Waals surface area (Å²) in [5.41, 5.74) is 21.2. The minimum Gasteiger partial charge on any atom is -0.508 e. The van der Waals surface area contributed by atoms with Crippen LogP contribution in [-0.4, -0.2) is 154 Å². The monoisotopic (exact) mass is 1310 g/mol. The molecule has 0 saturated heterocycles. The molecule has 27 nitrogen and oxygen atoms in total. The summed E-state index contributed by atoms with van der Waals surface area (Å²) in [5.74, 6) is -10.2. The van der Waals surface area contributed by atoms with Crippen molar-refractivity contribution in [3.63, 3.8) is 0 Å². The number of ketones is 4. The number of phenols is 1. The molecule has 0 aliphatic rings. The summed E-state index contributed by atoms with van der Waals surface area (Å²) in [5, 5.41) is 43.7. The number of hydrogen-bond acceptors (Lipinski definition) is 14. The predicted octanol–water partition coefficient (Wildman–Crippen LogP) is 2.44. The first-order chi connectivity index (χ1) is 45.3. The third-order valence-electron chi connectivity index (χ3n) is 16.3. The number of carbonyl (C=O) groups is 11. The molecule has 0 aliphatic carbocycles. The zero-order valence-corrected chi connectivity index (χ0v) is 54.0. The highest BCUT2D eigenvalue weighted by Gasteiger charge is 2.37. The van der Waals surface area contributed by atoms with Crippen molar-refractivity contribution in [1.82, 2.24) is 52.5 Å². The minimum atomic E-state index is -1.61. The lowest BCUT2D eigenvalue weighted by molar-refractivity contribution is -0.137. The van der Waals surface area contributed by atoms with E-state index in [9.17, 15) is 63.0 Å². The number of aromatic nitrogens is 2. The van der Waals surface area contributed by atoms with Crippen molar-refractivity contribution in [1.29, 1.82) is 0 Å². The number of amides is 9. The fraction of sp³-hybridized carbons (Fsp3) is 0.412. The van der Waals surface area contributed by atoms with Gasteiger partial charge in [0.05, 0.1) is 36.7 Å². The number of hydrogen-bond donors (Lipinski definition) is 15. The summed E-state index contributed by atoms with van der Waals surface area (Å²) < 4.78 is 0. The number of nitrogens with two attached hydrogens (primary N) is 3. The van der Waals surface area contributed by atoms with Gasteiger partial charge in [0.2, 0.25) is 29.5 Å². The normalized spacial score (nSPS) is 14.3. The molecule has 9 atom stereocenters. The summed E-state index contributed by atoms with van der Waals surface area (Å²) in [7, 11) is 1.50. The molecule has 6 aromatic rings. The number of phenolic OH excluding ortho intramolecular Hbond substituents is 1. The van der Waals surface area contributed by atoms with E-state index in [2.05, 4.69) is 57.5 Å². The number of para-hydroxylation sites is 2. The highest BCUT2D eigenvalue weighted by Crippen LogP contribution is 2.26. The number of fused-ring (bicyclic) bond motifs is 2. The van der Waals surface area contributed by atoms with Crippen LogP contribution in [0.15, 0.2) is 121 Å². The third-order valence-corrected chi connectivity index (χ3v) is 16.3. The standard InChI is InChI=1S/C68H88N14O13/c1-38(2)26-53(58(86)31-43(16-13-25-73-66(70)72-5)63(91)80-56(62(69)90)30-46-35-75-52-20-12-10-18-49(46)52)82-68(95)77-37-61(89)55(27-41-14-7-6-8-15-41)79-65(93)50(39(3)83)33-60(88)57(36-76-67(71)94)81-64(92)44(29-45-34-74-51-19-11-9-17-48(45)51)32-59(87)54(78-40(4)84)28-42-21-23-47(85)24-22-42/h6-12,14-15,17-24,34-35,38-39,43-44,50,53-57,74-75,83,85H,13,16,25-33,36-37H2,1-5H3,(H2,69,90)(H,78,84)(H,79,93)(H,80,91)(H,81,92)(H3,70,72,73)(H3,71,76,94)(H2,77,82,95)/t39-,43-,44+,50+,53+,54-,55+,56+,57+/m1/s1. The predicted molar refractivity (Wildman–Crippen MR) is 357 cm³/mol. The molecule has 0 radical (unpaired) electrons. The maximum absolute atomic E-state index is 14.7. The molecule has 0 unspecified atom stereocenters. The second-order valence-corrected chi connectivity index (χ2v) is 24.2. The van der Waals surface area contributed by atoms with Gasteiger partial charge >= 0.3 is 12.1 Å². The van der Waals surface area contributed by atoms with E-state index < -0.39 is 145 Å². The Balaban J connectivity index is 1.16. The van der Waals surface area contributed by atoms with E-state index in [0.717, 1.165) is 27.4 Å². The van der Waals surface area contributed by atoms with Crippen LogP contribution in [0.4, 0.5) is 9.59 Å². The number of H-pyrrole nitrogens is 2. The molecule has 95 heavy (non-hydrogen) atoms. The molecule has 6 rings (SSSR count). The van der Waals surface area contributed by atoms with E-state index in [-0.39, 0.29) is 69.1 Å². The molecular weight excluding hydrogens is 1220 g/mol. The summed E-state index contributed by atoms with van der Waals surface area (Å²) >= 11 is 0. The van der Waals surface area contributed by atoms with Crippen LogP contribution in [0.25, 0.3) is 21.8 Å². The number of primary amides is 2. The number of nitrogens with zero attached hydrogens (tertiary/aromatic N) is 1. The highest BCUT2D eigenvalue weighted by molar-refractivity contribution is 5.99. The van der Waals surface area contributed by atoms with Gasteiger partial charge in [-0.25, -0.2) is 9.59 Å². The Morgan fingerprint density at radius 1 is 0.537 bits per heavy atom. The second kappa shape index (κ2) is 36.1. The Hall–Kier alpha value is -10.4. The fourth-order valence-corrected chi connectivity index (χ4v) is 11.1. The number of rotatable bonds is 38. The first-order valence-corrected chi connectivity index (χ1v) is 31.5. The van der Waals surface area contributed by atoms with Gasteiger partial charge in [0.15, 0.2) is 29.1 Å². The van der Waals surface area contributed by atoms with Gasteiger partial charge < -0.3 is 79.9 Å². The molecule has 2 aromatic heterocycles. The van der Waals surface area contributed by atoms with E-state index in [1.54, 1.807) is 60.9 Å². The molecule has 0 spiro atoms. The number of urea groups is 2. The van der Waals surface area contributed by atoms with Gasteiger partial charge in [-0.1, -0.05) is 92.7 Å². The number of aromatic hydroxyl groups is 1. The number of aliphatic hydroxyl groups is 1. The summed E-state index contributed by atoms with van der Waals surface area (Å²) in [6.45, 7) is 5.12. The number of aromatic amines is 2. The summed E-state index contributed by atoms with van der Waals surface area (Å²) in [6, 6.07) is 20.7. The van der Waals surface area contributed by atoms with Crippen LogP contribution in [0, 0.1) is 23.7 Å². The van der Waals surface area contributed by atoms with Gasteiger partial charge in [0, 0.05) is 98.8 Å². The maximum Gasteiger partial charge on any atom is 0.315 e. The number of carbonyl (C=O) groups excluding carboxylic acids is 11. The summed E-state index contributed by atoms with van der Waals surface area (Å²) in [4.78, 5) is 162. The number of benzene rings is 4. The summed E-state index contributed by atoms with van der Waals surface area (Å²) in [6.07, 6.45) is 0.725. The first kappa shape index (κ1) is 73.6. The second-order valence-electron chi connectivity index (χ2n) is 24.2. The number of nitrogens with one attached hydrogen (secondary N) is 10.